The zero-order chi connectivity index (χ0) is 11.8. The van der Waals surface area contributed by atoms with Crippen LogP contribution in [-0.4, -0.2) is 6.54 Å². The summed E-state index contributed by atoms with van der Waals surface area (Å²) >= 11 is 5.96. The van der Waals surface area contributed by atoms with Gasteiger partial charge in [-0.15, -0.1) is 0 Å². The van der Waals surface area contributed by atoms with Crippen molar-refractivity contribution in [2.24, 2.45) is 11.8 Å². The topological polar surface area (TPSA) is 16.6 Å². The van der Waals surface area contributed by atoms with Crippen LogP contribution in [0.1, 0.15) is 31.4 Å². The van der Waals surface area contributed by atoms with Crippen LogP contribution in [0.4, 0.5) is 0 Å². The van der Waals surface area contributed by atoms with Gasteiger partial charge in [-0.25, -0.2) is 0 Å². The molecule has 2 heteroatoms. The average molecular weight is 249 g/mol. The number of allylic oxidation sites excluding steroid dienone is 1. The average Bonchev–Trinajstić information content (AvgIpc) is 2.36. The molecule has 2 bridgehead atoms. The van der Waals surface area contributed by atoms with Crippen LogP contribution >= 0.6 is 11.6 Å². The Morgan fingerprint density at radius 1 is 1.24 bits per heavy atom. The highest BCUT2D eigenvalue weighted by atomic mass is 35.5. The molecule has 0 aromatic heterocycles. The lowest BCUT2D eigenvalue weighted by molar-refractivity contribution is -0.716. The van der Waals surface area contributed by atoms with Crippen molar-refractivity contribution in [3.63, 3.8) is 0 Å². The number of nitrogens with two attached hydrogens (primary N) is 1. The molecular weight excluding hydrogens is 230 g/mol. The van der Waals surface area contributed by atoms with Gasteiger partial charge in [-0.05, 0) is 31.9 Å². The maximum Gasteiger partial charge on any atom is 0.118 e. The zero-order valence-electron chi connectivity index (χ0n) is 10.2. The molecule has 0 spiro atoms. The Morgan fingerprint density at radius 3 is 2.76 bits per heavy atom. The van der Waals surface area contributed by atoms with Crippen LogP contribution in [0.15, 0.2) is 35.9 Å². The van der Waals surface area contributed by atoms with Crippen LogP contribution in [0.25, 0.3) is 0 Å². The fraction of sp³-hybridized carbons (Fsp3) is 0.467. The lowest BCUT2D eigenvalue weighted by atomic mass is 9.73. The first-order valence-corrected chi connectivity index (χ1v) is 6.87. The lowest BCUT2D eigenvalue weighted by Gasteiger charge is -2.38. The third kappa shape index (κ3) is 2.14. The predicted molar refractivity (Wildman–Crippen MR) is 71.0 cm³/mol. The highest BCUT2D eigenvalue weighted by Gasteiger charge is 2.37. The smallest absolute Gasteiger partial charge is 0.118 e. The minimum absolute atomic E-state index is 0.597. The monoisotopic (exact) mass is 248 g/mol. The molecule has 0 radical (unpaired) electrons. The van der Waals surface area contributed by atoms with Crippen LogP contribution < -0.4 is 5.32 Å². The SMILES string of the molecule is CC1=CC[C@@H]2C[NH2+][C@@H](c3ccc(Cl)cc3)[C@H]1C2. The van der Waals surface area contributed by atoms with Gasteiger partial charge in [0, 0.05) is 22.4 Å². The summed E-state index contributed by atoms with van der Waals surface area (Å²) in [5.74, 6) is 1.62. The Labute approximate surface area is 108 Å². The standard InChI is InChI=1S/C15H18ClN/c1-10-2-3-11-8-14(10)15(17-9-11)12-4-6-13(16)7-5-12/h2,4-7,11,14-15,17H,3,8-9H2,1H3/p+1/t11-,14-,15-/m0/s1. The van der Waals surface area contributed by atoms with Crippen LogP contribution in [0.3, 0.4) is 0 Å². The first-order chi connectivity index (χ1) is 8.24. The molecule has 3 atom stereocenters. The fourth-order valence-corrected chi connectivity index (χ4v) is 3.45. The third-order valence-electron chi connectivity index (χ3n) is 4.36. The van der Waals surface area contributed by atoms with Crippen molar-refractivity contribution in [2.75, 3.05) is 6.54 Å². The second-order valence-corrected chi connectivity index (χ2v) is 5.88. The van der Waals surface area contributed by atoms with Crippen molar-refractivity contribution in [2.45, 2.75) is 25.8 Å². The maximum absolute atomic E-state index is 5.96. The van der Waals surface area contributed by atoms with Gasteiger partial charge in [0.1, 0.15) is 6.04 Å². The summed E-state index contributed by atoms with van der Waals surface area (Å²) in [6.07, 6.45) is 5.10. The summed E-state index contributed by atoms with van der Waals surface area (Å²) in [5, 5.41) is 3.36. The molecule has 1 fully saturated rings. The third-order valence-corrected chi connectivity index (χ3v) is 4.61. The summed E-state index contributed by atoms with van der Waals surface area (Å²) in [5.41, 5.74) is 3.00. The molecule has 0 amide bonds. The number of hydrogen-bond acceptors (Lipinski definition) is 0. The van der Waals surface area contributed by atoms with Crippen LogP contribution in [0.2, 0.25) is 5.02 Å². The van der Waals surface area contributed by atoms with E-state index < -0.39 is 0 Å². The quantitative estimate of drug-likeness (QED) is 0.736. The Morgan fingerprint density at radius 2 is 2.00 bits per heavy atom. The number of benzene rings is 1. The summed E-state index contributed by atoms with van der Waals surface area (Å²) < 4.78 is 0. The number of rotatable bonds is 1. The zero-order valence-corrected chi connectivity index (χ0v) is 11.0. The van der Waals surface area contributed by atoms with E-state index in [1.165, 1.54) is 24.9 Å². The van der Waals surface area contributed by atoms with Crippen LogP contribution in [0, 0.1) is 11.8 Å². The normalized spacial score (nSPS) is 32.1. The number of quaternary nitrogens is 1. The van der Waals surface area contributed by atoms with Gasteiger partial charge in [0.25, 0.3) is 0 Å². The number of fused-ring (bicyclic) bond motifs is 2. The number of halogens is 1. The summed E-state index contributed by atoms with van der Waals surface area (Å²) in [7, 11) is 0. The molecule has 1 aromatic rings. The number of hydrogen-bond donors (Lipinski definition) is 1. The van der Waals surface area contributed by atoms with E-state index in [2.05, 4.69) is 30.4 Å². The Balaban J connectivity index is 1.90. The minimum Gasteiger partial charge on any atom is -0.339 e. The van der Waals surface area contributed by atoms with Gasteiger partial charge in [0.15, 0.2) is 0 Å². The van der Waals surface area contributed by atoms with Crippen LogP contribution in [0.5, 0.6) is 0 Å². The van der Waals surface area contributed by atoms with Crippen molar-refractivity contribution in [3.8, 4) is 0 Å². The first kappa shape index (κ1) is 11.3. The van der Waals surface area contributed by atoms with E-state index in [0.717, 1.165) is 16.9 Å². The highest BCUT2D eigenvalue weighted by molar-refractivity contribution is 6.30. The summed E-state index contributed by atoms with van der Waals surface area (Å²) in [6.45, 7) is 3.57. The molecule has 2 N–H and O–H groups in total. The Kier molecular flexibility index (Phi) is 2.97. The predicted octanol–water partition coefficient (Wildman–Crippen LogP) is 2.93. The van der Waals surface area contributed by atoms with Crippen molar-refractivity contribution < 1.29 is 5.32 Å². The molecular formula is C15H19ClN+. The second kappa shape index (κ2) is 4.47. The second-order valence-electron chi connectivity index (χ2n) is 5.44. The van der Waals surface area contributed by atoms with Gasteiger partial charge < -0.3 is 5.32 Å². The molecule has 1 saturated heterocycles. The van der Waals surface area contributed by atoms with Crippen molar-refractivity contribution in [1.82, 2.24) is 0 Å². The summed E-state index contributed by atoms with van der Waals surface area (Å²) in [4.78, 5) is 0. The number of piperidine rings is 1. The molecule has 1 heterocycles. The molecule has 1 aliphatic heterocycles. The van der Waals surface area contributed by atoms with Gasteiger partial charge >= 0.3 is 0 Å². The van der Waals surface area contributed by atoms with Crippen LogP contribution in [-0.2, 0) is 0 Å². The molecule has 1 nitrogen and oxygen atoms in total. The summed E-state index contributed by atoms with van der Waals surface area (Å²) in [6, 6.07) is 8.99. The molecule has 2 aliphatic rings. The van der Waals surface area contributed by atoms with Crippen molar-refractivity contribution in [1.29, 1.82) is 0 Å². The van der Waals surface area contributed by atoms with Gasteiger partial charge in [-0.3, -0.25) is 0 Å². The molecule has 17 heavy (non-hydrogen) atoms. The largest absolute Gasteiger partial charge is 0.339 e. The van der Waals surface area contributed by atoms with Gasteiger partial charge in [-0.2, -0.15) is 0 Å². The van der Waals surface area contributed by atoms with E-state index in [1.54, 1.807) is 5.57 Å². The van der Waals surface area contributed by atoms with Gasteiger partial charge in [0.2, 0.25) is 0 Å². The Bertz CT molecular complexity index is 435. The lowest BCUT2D eigenvalue weighted by Crippen LogP contribution is -2.90. The molecule has 1 aromatic carbocycles. The molecule has 0 saturated carbocycles. The fourth-order valence-electron chi connectivity index (χ4n) is 3.32. The minimum atomic E-state index is 0.597. The van der Waals surface area contributed by atoms with E-state index >= 15 is 0 Å². The van der Waals surface area contributed by atoms with E-state index in [-0.39, 0.29) is 0 Å². The molecule has 1 aliphatic carbocycles. The molecule has 0 unspecified atom stereocenters. The van der Waals surface area contributed by atoms with Gasteiger partial charge in [0.05, 0.1) is 6.54 Å². The first-order valence-electron chi connectivity index (χ1n) is 6.49. The van der Waals surface area contributed by atoms with E-state index in [9.17, 15) is 0 Å². The highest BCUT2D eigenvalue weighted by Crippen LogP contribution is 2.38. The van der Waals surface area contributed by atoms with Crippen molar-refractivity contribution in [3.05, 3.63) is 46.5 Å². The molecule has 3 rings (SSSR count). The van der Waals surface area contributed by atoms with E-state index in [0.29, 0.717) is 6.04 Å². The van der Waals surface area contributed by atoms with E-state index in [1.807, 2.05) is 12.1 Å². The van der Waals surface area contributed by atoms with Gasteiger partial charge in [-0.1, -0.05) is 35.4 Å². The Hall–Kier alpha value is -0.790. The maximum atomic E-state index is 5.96. The van der Waals surface area contributed by atoms with E-state index in [4.69, 9.17) is 11.6 Å². The molecule has 90 valence electrons. The van der Waals surface area contributed by atoms with Crippen molar-refractivity contribution >= 4 is 11.6 Å².